The second-order valence-electron chi connectivity index (χ2n) is 5.08. The number of primary amides is 1. The average molecular weight is 285 g/mol. The van der Waals surface area contributed by atoms with Gasteiger partial charge in [-0.2, -0.15) is 0 Å². The molecular weight excluding hydrogens is 266 g/mol. The van der Waals surface area contributed by atoms with Gasteiger partial charge >= 0.3 is 6.03 Å². The van der Waals surface area contributed by atoms with E-state index in [0.29, 0.717) is 6.54 Å². The van der Waals surface area contributed by atoms with Crippen molar-refractivity contribution in [1.29, 1.82) is 0 Å². The van der Waals surface area contributed by atoms with Crippen LogP contribution in [-0.2, 0) is 11.3 Å². The topological polar surface area (TPSA) is 75.4 Å². The lowest BCUT2D eigenvalue weighted by atomic mass is 10.1. The van der Waals surface area contributed by atoms with Crippen molar-refractivity contribution < 1.29 is 9.59 Å². The zero-order valence-corrected chi connectivity index (χ0v) is 12.0. The van der Waals surface area contributed by atoms with Gasteiger partial charge in [0.15, 0.2) is 0 Å². The molecule has 0 atom stereocenters. The maximum Gasteiger partial charge on any atom is 0.318 e. The third-order valence-corrected chi connectivity index (χ3v) is 3.25. The van der Waals surface area contributed by atoms with Crippen LogP contribution in [0.4, 0.5) is 4.79 Å². The number of fused-ring (bicyclic) bond motifs is 1. The molecule has 3 N–H and O–H groups in total. The van der Waals surface area contributed by atoms with Crippen LogP contribution in [0.3, 0.4) is 0 Å². The van der Waals surface area contributed by atoms with E-state index in [-0.39, 0.29) is 12.3 Å². The Labute approximate surface area is 123 Å². The molecule has 110 valence electrons. The van der Waals surface area contributed by atoms with Crippen molar-refractivity contribution in [2.24, 2.45) is 5.73 Å². The summed E-state index contributed by atoms with van der Waals surface area (Å²) in [5.41, 5.74) is 6.08. The second kappa shape index (κ2) is 6.85. The molecule has 0 fully saturated rings. The first-order valence-electron chi connectivity index (χ1n) is 6.80. The molecule has 21 heavy (non-hydrogen) atoms. The van der Waals surface area contributed by atoms with Crippen molar-refractivity contribution in [1.82, 2.24) is 10.2 Å². The number of carbonyl (C=O) groups is 2. The number of nitrogens with zero attached hydrogens (tertiary/aromatic N) is 1. The molecule has 0 aliphatic heterocycles. The molecule has 2 aromatic carbocycles. The molecule has 0 saturated carbocycles. The quantitative estimate of drug-likeness (QED) is 0.880. The molecule has 0 saturated heterocycles. The van der Waals surface area contributed by atoms with Gasteiger partial charge in [-0.25, -0.2) is 4.79 Å². The van der Waals surface area contributed by atoms with Gasteiger partial charge in [0.2, 0.25) is 5.91 Å². The number of benzene rings is 2. The lowest BCUT2D eigenvalue weighted by Crippen LogP contribution is -2.36. The Bertz CT molecular complexity index is 655. The Morgan fingerprint density at radius 2 is 1.86 bits per heavy atom. The van der Waals surface area contributed by atoms with Crippen molar-refractivity contribution in [3.05, 3.63) is 48.0 Å². The second-order valence-corrected chi connectivity index (χ2v) is 5.08. The van der Waals surface area contributed by atoms with Crippen LogP contribution in [0.15, 0.2) is 42.5 Å². The van der Waals surface area contributed by atoms with Crippen molar-refractivity contribution >= 4 is 22.7 Å². The van der Waals surface area contributed by atoms with Crippen LogP contribution < -0.4 is 11.1 Å². The number of nitrogens with two attached hydrogens (primary N) is 1. The van der Waals surface area contributed by atoms with E-state index in [2.05, 4.69) is 35.6 Å². The van der Waals surface area contributed by atoms with E-state index >= 15 is 0 Å². The minimum atomic E-state index is -0.808. The molecule has 0 unspecified atom stereocenters. The first-order valence-corrected chi connectivity index (χ1v) is 6.80. The van der Waals surface area contributed by atoms with E-state index in [0.717, 1.165) is 6.54 Å². The number of nitrogens with one attached hydrogen (secondary N) is 1. The summed E-state index contributed by atoms with van der Waals surface area (Å²) in [6.45, 7) is 1.31. The van der Waals surface area contributed by atoms with Crippen LogP contribution >= 0.6 is 0 Å². The minimum absolute atomic E-state index is 0.243. The summed E-state index contributed by atoms with van der Waals surface area (Å²) >= 11 is 0. The molecule has 0 spiro atoms. The largest absolute Gasteiger partial charge is 0.351 e. The summed E-state index contributed by atoms with van der Waals surface area (Å²) in [5, 5.41) is 4.48. The van der Waals surface area contributed by atoms with E-state index < -0.39 is 6.03 Å². The Morgan fingerprint density at radius 1 is 1.14 bits per heavy atom. The zero-order chi connectivity index (χ0) is 15.2. The van der Waals surface area contributed by atoms with Crippen molar-refractivity contribution in [3.63, 3.8) is 0 Å². The standard InChI is InChI=1S/C16H19N3O2/c1-19(9-8-15(20)18-16(17)21)11-12-6-7-13-4-2-3-5-14(13)10-12/h2-7,10H,8-9,11H2,1H3,(H3,17,18,20,21). The number of urea groups is 1. The number of amides is 3. The maximum absolute atomic E-state index is 11.3. The molecular formula is C16H19N3O2. The maximum atomic E-state index is 11.3. The number of imide groups is 1. The zero-order valence-electron chi connectivity index (χ0n) is 12.0. The summed E-state index contributed by atoms with van der Waals surface area (Å²) in [7, 11) is 1.94. The van der Waals surface area contributed by atoms with E-state index in [9.17, 15) is 9.59 Å². The third kappa shape index (κ3) is 4.57. The summed E-state index contributed by atoms with van der Waals surface area (Å²) in [5.74, 6) is -0.354. The highest BCUT2D eigenvalue weighted by molar-refractivity contribution is 5.93. The van der Waals surface area contributed by atoms with Gasteiger partial charge in [0.25, 0.3) is 0 Å². The molecule has 0 aromatic heterocycles. The average Bonchev–Trinajstić information content (AvgIpc) is 2.44. The highest BCUT2D eigenvalue weighted by Crippen LogP contribution is 2.16. The normalized spacial score (nSPS) is 10.8. The number of hydrogen-bond acceptors (Lipinski definition) is 3. The fourth-order valence-electron chi connectivity index (χ4n) is 2.22. The van der Waals surface area contributed by atoms with Crippen LogP contribution in [-0.4, -0.2) is 30.4 Å². The minimum Gasteiger partial charge on any atom is -0.351 e. The highest BCUT2D eigenvalue weighted by atomic mass is 16.2. The summed E-state index contributed by atoms with van der Waals surface area (Å²) < 4.78 is 0. The molecule has 0 bridgehead atoms. The van der Waals surface area contributed by atoms with Crippen molar-refractivity contribution in [2.75, 3.05) is 13.6 Å². The molecule has 2 rings (SSSR count). The van der Waals surface area contributed by atoms with Crippen LogP contribution in [0, 0.1) is 0 Å². The molecule has 0 aliphatic rings. The predicted octanol–water partition coefficient (Wildman–Crippen LogP) is 1.86. The Balaban J connectivity index is 1.90. The van der Waals surface area contributed by atoms with Crippen LogP contribution in [0.25, 0.3) is 10.8 Å². The van der Waals surface area contributed by atoms with Crippen LogP contribution in [0.1, 0.15) is 12.0 Å². The smallest absolute Gasteiger partial charge is 0.318 e. The number of carbonyl (C=O) groups excluding carboxylic acids is 2. The first-order chi connectivity index (χ1) is 10.0. The molecule has 5 nitrogen and oxygen atoms in total. The van der Waals surface area contributed by atoms with Gasteiger partial charge < -0.3 is 10.6 Å². The monoisotopic (exact) mass is 285 g/mol. The van der Waals surface area contributed by atoms with E-state index in [1.165, 1.54) is 16.3 Å². The fraction of sp³-hybridized carbons (Fsp3) is 0.250. The molecule has 5 heteroatoms. The Kier molecular flexibility index (Phi) is 4.90. The summed E-state index contributed by atoms with van der Waals surface area (Å²) in [4.78, 5) is 23.9. The van der Waals surface area contributed by atoms with Gasteiger partial charge in [0, 0.05) is 19.5 Å². The molecule has 3 amide bonds. The molecule has 2 aromatic rings. The SMILES string of the molecule is CN(CCC(=O)NC(N)=O)Cc1ccc2ccccc2c1. The number of hydrogen-bond donors (Lipinski definition) is 2. The summed E-state index contributed by atoms with van der Waals surface area (Å²) in [6.07, 6.45) is 0.243. The van der Waals surface area contributed by atoms with Crippen LogP contribution in [0.5, 0.6) is 0 Å². The predicted molar refractivity (Wildman–Crippen MR) is 82.6 cm³/mol. The van der Waals surface area contributed by atoms with Crippen molar-refractivity contribution in [2.45, 2.75) is 13.0 Å². The highest BCUT2D eigenvalue weighted by Gasteiger charge is 2.07. The van der Waals surface area contributed by atoms with E-state index in [4.69, 9.17) is 5.73 Å². The van der Waals surface area contributed by atoms with Crippen molar-refractivity contribution in [3.8, 4) is 0 Å². The van der Waals surface area contributed by atoms with Crippen LogP contribution in [0.2, 0.25) is 0 Å². The molecule has 0 aliphatic carbocycles. The van der Waals surface area contributed by atoms with E-state index in [1.807, 2.05) is 24.1 Å². The van der Waals surface area contributed by atoms with Gasteiger partial charge in [-0.1, -0.05) is 36.4 Å². The lowest BCUT2D eigenvalue weighted by Gasteiger charge is -2.16. The molecule has 0 heterocycles. The van der Waals surface area contributed by atoms with Gasteiger partial charge in [-0.3, -0.25) is 10.1 Å². The van der Waals surface area contributed by atoms with Gasteiger partial charge in [-0.05, 0) is 29.4 Å². The van der Waals surface area contributed by atoms with Gasteiger partial charge in [-0.15, -0.1) is 0 Å². The lowest BCUT2D eigenvalue weighted by molar-refractivity contribution is -0.120. The fourth-order valence-corrected chi connectivity index (χ4v) is 2.22. The first kappa shape index (κ1) is 15.0. The van der Waals surface area contributed by atoms with Gasteiger partial charge in [0.05, 0.1) is 0 Å². The number of rotatable bonds is 5. The third-order valence-electron chi connectivity index (χ3n) is 3.25. The summed E-state index contributed by atoms with van der Waals surface area (Å²) in [6, 6.07) is 13.7. The Hall–Kier alpha value is -2.40. The Morgan fingerprint density at radius 3 is 2.57 bits per heavy atom. The van der Waals surface area contributed by atoms with Gasteiger partial charge in [0.1, 0.15) is 0 Å². The van der Waals surface area contributed by atoms with E-state index in [1.54, 1.807) is 0 Å². The molecule has 0 radical (unpaired) electrons.